The van der Waals surface area contributed by atoms with E-state index in [0.29, 0.717) is 0 Å². The molecule has 0 heterocycles. The van der Waals surface area contributed by atoms with Crippen LogP contribution in [-0.2, 0) is 16.8 Å². The van der Waals surface area contributed by atoms with Crippen molar-refractivity contribution in [2.24, 2.45) is 0 Å². The van der Waals surface area contributed by atoms with Crippen molar-refractivity contribution in [3.8, 4) is 0 Å². The van der Waals surface area contributed by atoms with E-state index in [9.17, 15) is 0 Å². The molecule has 0 saturated carbocycles. The molecular formula is C10H18N2O4S. The fourth-order valence-electron chi connectivity index (χ4n) is 1.15. The molecule has 0 spiro atoms. The topological polar surface area (TPSA) is 98.7 Å². The van der Waals surface area contributed by atoms with Gasteiger partial charge in [0.2, 0.25) is 0 Å². The molecule has 1 rings (SSSR count). The number of benzene rings is 1. The van der Waals surface area contributed by atoms with Crippen LogP contribution in [0.5, 0.6) is 0 Å². The lowest BCUT2D eigenvalue weighted by atomic mass is 10.1. The van der Waals surface area contributed by atoms with E-state index in [1.165, 1.54) is 12.0 Å². The predicted octanol–water partition coefficient (Wildman–Crippen LogP) is 0.690. The van der Waals surface area contributed by atoms with Crippen LogP contribution in [0.2, 0.25) is 0 Å². The minimum absolute atomic E-state index is 1.02. The van der Waals surface area contributed by atoms with Gasteiger partial charge in [0.15, 0.2) is 0 Å². The lowest BCUT2D eigenvalue weighted by Crippen LogP contribution is -2.28. The molecule has 1 aromatic carbocycles. The quantitative estimate of drug-likeness (QED) is 0.354. The van der Waals surface area contributed by atoms with Crippen molar-refractivity contribution in [1.82, 2.24) is 10.9 Å². The number of nitrogens with one attached hydrogen (secondary N) is 2. The maximum atomic E-state index is 8.74. The average molecular weight is 262 g/mol. The average Bonchev–Trinajstić information content (AvgIpc) is 2.24. The summed E-state index contributed by atoms with van der Waals surface area (Å²) < 4.78 is 31.6. The summed E-state index contributed by atoms with van der Waals surface area (Å²) >= 11 is 0. The number of hydrazine groups is 1. The third-order valence-electron chi connectivity index (χ3n) is 1.79. The smallest absolute Gasteiger partial charge is 0.264 e. The predicted molar refractivity (Wildman–Crippen MR) is 66.0 cm³/mol. The molecule has 0 amide bonds. The minimum atomic E-state index is -4.67. The molecule has 0 atom stereocenters. The molecule has 1 aromatic rings. The lowest BCUT2D eigenvalue weighted by molar-refractivity contribution is 0.381. The summed E-state index contributed by atoms with van der Waals surface area (Å²) in [7, 11) is -2.78. The Morgan fingerprint density at radius 1 is 1.18 bits per heavy atom. The Hall–Kier alpha value is -0.990. The second kappa shape index (κ2) is 9.08. The maximum Gasteiger partial charge on any atom is 0.394 e. The van der Waals surface area contributed by atoms with Crippen molar-refractivity contribution >= 4 is 10.4 Å². The van der Waals surface area contributed by atoms with E-state index in [1.54, 1.807) is 0 Å². The van der Waals surface area contributed by atoms with E-state index >= 15 is 0 Å². The molecule has 0 bridgehead atoms. The van der Waals surface area contributed by atoms with Gasteiger partial charge >= 0.3 is 10.4 Å². The summed E-state index contributed by atoms with van der Waals surface area (Å²) in [6.45, 7) is 1.02. The highest BCUT2D eigenvalue weighted by Crippen LogP contribution is 2.00. The highest BCUT2D eigenvalue weighted by atomic mass is 32.3. The van der Waals surface area contributed by atoms with E-state index in [4.69, 9.17) is 17.5 Å². The number of rotatable bonds is 5. The molecule has 4 N–H and O–H groups in total. The fraction of sp³-hybridized carbons (Fsp3) is 0.400. The Bertz CT molecular complexity index is 373. The van der Waals surface area contributed by atoms with Gasteiger partial charge in [-0.3, -0.25) is 20.0 Å². The van der Waals surface area contributed by atoms with Gasteiger partial charge in [-0.05, 0) is 25.5 Å². The summed E-state index contributed by atoms with van der Waals surface area (Å²) in [6, 6.07) is 10.6. The third-order valence-corrected chi connectivity index (χ3v) is 1.79. The van der Waals surface area contributed by atoms with Crippen molar-refractivity contribution in [2.45, 2.75) is 12.8 Å². The Balaban J connectivity index is 0.000000437. The Labute approximate surface area is 102 Å². The van der Waals surface area contributed by atoms with Gasteiger partial charge in [0.05, 0.1) is 0 Å². The molecule has 0 aromatic heterocycles. The molecule has 6 nitrogen and oxygen atoms in total. The zero-order valence-corrected chi connectivity index (χ0v) is 10.4. The van der Waals surface area contributed by atoms with Gasteiger partial charge in [0, 0.05) is 6.54 Å². The Morgan fingerprint density at radius 3 is 2.18 bits per heavy atom. The van der Waals surface area contributed by atoms with Crippen molar-refractivity contribution in [3.63, 3.8) is 0 Å². The highest BCUT2D eigenvalue weighted by Gasteiger charge is 1.89. The summed E-state index contributed by atoms with van der Waals surface area (Å²) in [5.74, 6) is 0. The molecule has 0 fully saturated rings. The van der Waals surface area contributed by atoms with Gasteiger partial charge in [-0.25, -0.2) is 0 Å². The standard InChI is InChI=1S/C10H16N2.H2O4S/c1-11-12-9-5-8-10-6-3-2-4-7-10;1-5(2,3)4/h2-4,6-7,11-12H,5,8-9H2,1H3;(H2,1,2,3,4). The Kier molecular flexibility index (Phi) is 8.55. The van der Waals surface area contributed by atoms with Crippen LogP contribution < -0.4 is 10.9 Å². The largest absolute Gasteiger partial charge is 0.394 e. The summed E-state index contributed by atoms with van der Waals surface area (Å²) in [6.07, 6.45) is 2.32. The molecule has 0 aliphatic heterocycles. The van der Waals surface area contributed by atoms with E-state index in [-0.39, 0.29) is 0 Å². The Morgan fingerprint density at radius 2 is 1.71 bits per heavy atom. The van der Waals surface area contributed by atoms with Crippen LogP contribution in [-0.4, -0.2) is 31.1 Å². The number of aryl methyl sites for hydroxylation is 1. The van der Waals surface area contributed by atoms with Crippen LogP contribution in [0.1, 0.15) is 12.0 Å². The van der Waals surface area contributed by atoms with E-state index in [0.717, 1.165) is 13.0 Å². The van der Waals surface area contributed by atoms with Crippen molar-refractivity contribution in [2.75, 3.05) is 13.6 Å². The molecule has 0 saturated heterocycles. The molecule has 0 aliphatic carbocycles. The molecular weight excluding hydrogens is 244 g/mol. The van der Waals surface area contributed by atoms with Crippen LogP contribution in [0, 0.1) is 0 Å². The van der Waals surface area contributed by atoms with Gasteiger partial charge in [-0.1, -0.05) is 30.3 Å². The zero-order chi connectivity index (χ0) is 13.1. The van der Waals surface area contributed by atoms with Gasteiger partial charge in [-0.2, -0.15) is 8.42 Å². The summed E-state index contributed by atoms with van der Waals surface area (Å²) in [5, 5.41) is 0. The second-order valence-corrected chi connectivity index (χ2v) is 4.11. The van der Waals surface area contributed by atoms with Crippen molar-refractivity contribution in [3.05, 3.63) is 35.9 Å². The van der Waals surface area contributed by atoms with Crippen molar-refractivity contribution in [1.29, 1.82) is 0 Å². The van der Waals surface area contributed by atoms with Gasteiger partial charge in [0.25, 0.3) is 0 Å². The first-order chi connectivity index (χ1) is 7.93. The van der Waals surface area contributed by atoms with E-state index < -0.39 is 10.4 Å². The van der Waals surface area contributed by atoms with Crippen LogP contribution in [0.25, 0.3) is 0 Å². The summed E-state index contributed by atoms with van der Waals surface area (Å²) in [5.41, 5.74) is 7.38. The lowest BCUT2D eigenvalue weighted by Gasteiger charge is -2.02. The van der Waals surface area contributed by atoms with E-state index in [2.05, 4.69) is 41.2 Å². The third kappa shape index (κ3) is 15.0. The zero-order valence-electron chi connectivity index (χ0n) is 9.63. The first-order valence-electron chi connectivity index (χ1n) is 5.07. The first-order valence-corrected chi connectivity index (χ1v) is 6.46. The minimum Gasteiger partial charge on any atom is -0.264 e. The monoisotopic (exact) mass is 262 g/mol. The van der Waals surface area contributed by atoms with Crippen molar-refractivity contribution < 1.29 is 17.5 Å². The highest BCUT2D eigenvalue weighted by molar-refractivity contribution is 7.79. The first kappa shape index (κ1) is 16.0. The van der Waals surface area contributed by atoms with Crippen LogP contribution in [0.4, 0.5) is 0 Å². The fourth-order valence-corrected chi connectivity index (χ4v) is 1.15. The summed E-state index contributed by atoms with van der Waals surface area (Å²) in [4.78, 5) is 0. The number of hydrogen-bond acceptors (Lipinski definition) is 4. The molecule has 0 unspecified atom stereocenters. The van der Waals surface area contributed by atoms with Crippen LogP contribution >= 0.6 is 0 Å². The molecule has 0 radical (unpaired) electrons. The van der Waals surface area contributed by atoms with Gasteiger partial charge in [0.1, 0.15) is 0 Å². The van der Waals surface area contributed by atoms with Crippen LogP contribution in [0.15, 0.2) is 30.3 Å². The SMILES string of the molecule is CNNCCCc1ccccc1.O=S(=O)(O)O. The van der Waals surface area contributed by atoms with Crippen LogP contribution in [0.3, 0.4) is 0 Å². The number of hydrogen-bond donors (Lipinski definition) is 4. The molecule has 7 heteroatoms. The van der Waals surface area contributed by atoms with E-state index in [1.807, 2.05) is 7.05 Å². The second-order valence-electron chi connectivity index (χ2n) is 3.21. The van der Waals surface area contributed by atoms with Gasteiger partial charge in [-0.15, -0.1) is 0 Å². The molecule has 17 heavy (non-hydrogen) atoms. The van der Waals surface area contributed by atoms with Gasteiger partial charge < -0.3 is 0 Å². The normalized spacial score (nSPS) is 10.5. The maximum absolute atomic E-state index is 8.74. The molecule has 98 valence electrons. The molecule has 0 aliphatic rings.